The molecular formula is C15H22N2O3. The minimum absolute atomic E-state index is 0.240. The number of nitrogens with two attached hydrogens (primary N) is 1. The number of amides is 1. The van der Waals surface area contributed by atoms with Crippen LogP contribution in [-0.2, 0) is 16.0 Å². The molecule has 1 amide bonds. The van der Waals surface area contributed by atoms with E-state index in [0.29, 0.717) is 18.5 Å². The first-order valence-corrected chi connectivity index (χ1v) is 6.89. The molecule has 0 heterocycles. The first-order valence-electron chi connectivity index (χ1n) is 6.89. The van der Waals surface area contributed by atoms with Crippen molar-refractivity contribution in [3.63, 3.8) is 0 Å². The summed E-state index contributed by atoms with van der Waals surface area (Å²) in [5.41, 5.74) is 7.30. The van der Waals surface area contributed by atoms with E-state index < -0.39 is 12.0 Å². The fourth-order valence-electron chi connectivity index (χ4n) is 1.94. The van der Waals surface area contributed by atoms with Gasteiger partial charge in [-0.1, -0.05) is 31.9 Å². The Hall–Kier alpha value is -2.04. The van der Waals surface area contributed by atoms with Gasteiger partial charge in [-0.05, 0) is 30.5 Å². The van der Waals surface area contributed by atoms with E-state index in [4.69, 9.17) is 10.8 Å². The number of carboxylic acid groups (broad SMARTS) is 1. The molecule has 0 fully saturated rings. The van der Waals surface area contributed by atoms with Crippen LogP contribution in [0.4, 0.5) is 5.69 Å². The summed E-state index contributed by atoms with van der Waals surface area (Å²) in [6.07, 6.45) is 2.97. The maximum absolute atomic E-state index is 11.8. The van der Waals surface area contributed by atoms with Crippen LogP contribution in [0.3, 0.4) is 0 Å². The van der Waals surface area contributed by atoms with Crippen molar-refractivity contribution in [2.75, 3.05) is 5.73 Å². The topological polar surface area (TPSA) is 92.4 Å². The maximum Gasteiger partial charge on any atom is 0.326 e. The lowest BCUT2D eigenvalue weighted by atomic mass is 10.1. The summed E-state index contributed by atoms with van der Waals surface area (Å²) in [5.74, 6) is -1.22. The van der Waals surface area contributed by atoms with Gasteiger partial charge in [0.05, 0.1) is 0 Å². The van der Waals surface area contributed by atoms with Crippen molar-refractivity contribution in [3.8, 4) is 0 Å². The number of carbonyl (C=O) groups is 2. The molecule has 0 radical (unpaired) electrons. The third-order valence-electron chi connectivity index (χ3n) is 3.07. The molecule has 1 aromatic rings. The van der Waals surface area contributed by atoms with Crippen LogP contribution in [-0.4, -0.2) is 23.0 Å². The minimum atomic E-state index is -0.976. The molecule has 1 aromatic carbocycles. The van der Waals surface area contributed by atoms with E-state index in [1.807, 2.05) is 25.1 Å². The molecule has 110 valence electrons. The number of hydrogen-bond acceptors (Lipinski definition) is 3. The van der Waals surface area contributed by atoms with Crippen molar-refractivity contribution in [2.24, 2.45) is 0 Å². The van der Waals surface area contributed by atoms with Gasteiger partial charge in [-0.15, -0.1) is 0 Å². The molecule has 0 spiro atoms. The Morgan fingerprint density at radius 3 is 2.75 bits per heavy atom. The number of carbonyl (C=O) groups excluding carboxylic acids is 1. The fraction of sp³-hybridized carbons (Fsp3) is 0.467. The predicted octanol–water partition coefficient (Wildman–Crippen LogP) is 1.96. The molecule has 0 aliphatic carbocycles. The van der Waals surface area contributed by atoms with E-state index in [0.717, 1.165) is 18.4 Å². The quantitative estimate of drug-likeness (QED) is 0.634. The SMILES string of the molecule is CCCCC(NC(=O)CCc1cccc(N)c1)C(=O)O. The molecule has 1 unspecified atom stereocenters. The second-order valence-electron chi connectivity index (χ2n) is 4.85. The van der Waals surface area contributed by atoms with Gasteiger partial charge in [-0.25, -0.2) is 4.79 Å². The van der Waals surface area contributed by atoms with Gasteiger partial charge in [0.1, 0.15) is 6.04 Å². The minimum Gasteiger partial charge on any atom is -0.480 e. The number of aryl methyl sites for hydroxylation is 1. The Kier molecular flexibility index (Phi) is 6.56. The summed E-state index contributed by atoms with van der Waals surface area (Å²) in [6, 6.07) is 6.55. The molecule has 0 aromatic heterocycles. The lowest BCUT2D eigenvalue weighted by molar-refractivity contribution is -0.142. The summed E-state index contributed by atoms with van der Waals surface area (Å²) in [4.78, 5) is 22.8. The van der Waals surface area contributed by atoms with Gasteiger partial charge in [-0.3, -0.25) is 4.79 Å². The highest BCUT2D eigenvalue weighted by atomic mass is 16.4. The molecule has 0 saturated carbocycles. The normalized spacial score (nSPS) is 11.8. The summed E-state index contributed by atoms with van der Waals surface area (Å²) < 4.78 is 0. The average Bonchev–Trinajstić information content (AvgIpc) is 2.41. The van der Waals surface area contributed by atoms with Crippen LogP contribution in [0.25, 0.3) is 0 Å². The zero-order valence-corrected chi connectivity index (χ0v) is 11.8. The second kappa shape index (κ2) is 8.19. The number of anilines is 1. The highest BCUT2D eigenvalue weighted by molar-refractivity contribution is 5.83. The summed E-state index contributed by atoms with van der Waals surface area (Å²) >= 11 is 0. The van der Waals surface area contributed by atoms with Crippen molar-refractivity contribution >= 4 is 17.6 Å². The Morgan fingerprint density at radius 2 is 2.15 bits per heavy atom. The maximum atomic E-state index is 11.8. The average molecular weight is 278 g/mol. The molecule has 0 saturated heterocycles. The van der Waals surface area contributed by atoms with Crippen LogP contribution in [0, 0.1) is 0 Å². The largest absolute Gasteiger partial charge is 0.480 e. The molecule has 0 aliphatic rings. The molecule has 0 bridgehead atoms. The van der Waals surface area contributed by atoms with E-state index in [1.54, 1.807) is 6.07 Å². The molecule has 1 rings (SSSR count). The standard InChI is InChI=1S/C15H22N2O3/c1-2-3-7-13(15(19)20)17-14(18)9-8-11-5-4-6-12(16)10-11/h4-6,10,13H,2-3,7-9,16H2,1H3,(H,17,18)(H,19,20). The third-order valence-corrected chi connectivity index (χ3v) is 3.07. The number of hydrogen-bond donors (Lipinski definition) is 3. The van der Waals surface area contributed by atoms with Gasteiger partial charge in [0.15, 0.2) is 0 Å². The summed E-state index contributed by atoms with van der Waals surface area (Å²) in [6.45, 7) is 1.99. The number of aliphatic carboxylic acids is 1. The zero-order chi connectivity index (χ0) is 15.0. The van der Waals surface area contributed by atoms with E-state index in [2.05, 4.69) is 5.32 Å². The van der Waals surface area contributed by atoms with E-state index in [1.165, 1.54) is 0 Å². The van der Waals surface area contributed by atoms with E-state index in [-0.39, 0.29) is 12.3 Å². The molecule has 4 N–H and O–H groups in total. The van der Waals surface area contributed by atoms with Gasteiger partial charge in [0, 0.05) is 12.1 Å². The van der Waals surface area contributed by atoms with Crippen LogP contribution >= 0.6 is 0 Å². The smallest absolute Gasteiger partial charge is 0.326 e. The Balaban J connectivity index is 2.43. The molecule has 20 heavy (non-hydrogen) atoms. The zero-order valence-electron chi connectivity index (χ0n) is 11.8. The second-order valence-corrected chi connectivity index (χ2v) is 4.85. The van der Waals surface area contributed by atoms with Crippen molar-refractivity contribution in [1.29, 1.82) is 0 Å². The lowest BCUT2D eigenvalue weighted by Crippen LogP contribution is -2.40. The lowest BCUT2D eigenvalue weighted by Gasteiger charge is -2.14. The van der Waals surface area contributed by atoms with Gasteiger partial charge >= 0.3 is 5.97 Å². The Labute approximate surface area is 119 Å². The molecular weight excluding hydrogens is 256 g/mol. The predicted molar refractivity (Wildman–Crippen MR) is 78.3 cm³/mol. The molecule has 5 heteroatoms. The Morgan fingerprint density at radius 1 is 1.40 bits per heavy atom. The number of nitrogens with one attached hydrogen (secondary N) is 1. The Bertz CT molecular complexity index is 460. The third kappa shape index (κ3) is 5.73. The van der Waals surface area contributed by atoms with Gasteiger partial charge < -0.3 is 16.2 Å². The first kappa shape index (κ1) is 16.0. The number of carboxylic acids is 1. The molecule has 1 atom stereocenters. The van der Waals surface area contributed by atoms with E-state index in [9.17, 15) is 9.59 Å². The number of unbranched alkanes of at least 4 members (excludes halogenated alkanes) is 1. The van der Waals surface area contributed by atoms with Crippen molar-refractivity contribution in [3.05, 3.63) is 29.8 Å². The highest BCUT2D eigenvalue weighted by Crippen LogP contribution is 2.09. The van der Waals surface area contributed by atoms with Crippen molar-refractivity contribution in [1.82, 2.24) is 5.32 Å². The monoisotopic (exact) mass is 278 g/mol. The molecule has 5 nitrogen and oxygen atoms in total. The van der Waals surface area contributed by atoms with Crippen LogP contribution < -0.4 is 11.1 Å². The highest BCUT2D eigenvalue weighted by Gasteiger charge is 2.18. The molecule has 0 aliphatic heterocycles. The first-order chi connectivity index (χ1) is 9.52. The van der Waals surface area contributed by atoms with Crippen LogP contribution in [0.1, 0.15) is 38.2 Å². The van der Waals surface area contributed by atoms with Crippen LogP contribution in [0.15, 0.2) is 24.3 Å². The van der Waals surface area contributed by atoms with Gasteiger partial charge in [0.2, 0.25) is 5.91 Å². The van der Waals surface area contributed by atoms with Crippen LogP contribution in [0.2, 0.25) is 0 Å². The fourth-order valence-corrected chi connectivity index (χ4v) is 1.94. The summed E-state index contributed by atoms with van der Waals surface area (Å²) in [5, 5.41) is 11.6. The van der Waals surface area contributed by atoms with E-state index >= 15 is 0 Å². The summed E-state index contributed by atoms with van der Waals surface area (Å²) in [7, 11) is 0. The van der Waals surface area contributed by atoms with Gasteiger partial charge in [0.25, 0.3) is 0 Å². The number of rotatable bonds is 8. The van der Waals surface area contributed by atoms with Gasteiger partial charge in [-0.2, -0.15) is 0 Å². The van der Waals surface area contributed by atoms with Crippen molar-refractivity contribution in [2.45, 2.75) is 45.1 Å². The number of benzene rings is 1. The van der Waals surface area contributed by atoms with Crippen molar-refractivity contribution < 1.29 is 14.7 Å². The van der Waals surface area contributed by atoms with Crippen LogP contribution in [0.5, 0.6) is 0 Å². The number of nitrogen functional groups attached to an aromatic ring is 1.